The molecule has 0 bridgehead atoms. The minimum absolute atomic E-state index is 0.0601. The van der Waals surface area contributed by atoms with Gasteiger partial charge in [0.15, 0.2) is 0 Å². The third-order valence-electron chi connectivity index (χ3n) is 3.67. The first-order valence-electron chi connectivity index (χ1n) is 5.91. The van der Waals surface area contributed by atoms with Crippen molar-refractivity contribution < 1.29 is 8.42 Å². The van der Waals surface area contributed by atoms with E-state index in [1.54, 1.807) is 0 Å². The molecule has 4 heteroatoms. The van der Waals surface area contributed by atoms with Crippen LogP contribution in [-0.2, 0) is 14.5 Å². The van der Waals surface area contributed by atoms with Crippen LogP contribution in [0.5, 0.6) is 0 Å². The van der Waals surface area contributed by atoms with Gasteiger partial charge in [-0.2, -0.15) is 0 Å². The monoisotopic (exact) mass is 272 g/mol. The SMILES string of the molecule is Cc1ccc(C2(CS(=O)(=O)Cl)CCCC2)cc1. The Balaban J connectivity index is 2.37. The first kappa shape index (κ1) is 12.9. The number of rotatable bonds is 3. The van der Waals surface area contributed by atoms with Gasteiger partial charge in [-0.15, -0.1) is 0 Å². The van der Waals surface area contributed by atoms with Crippen molar-refractivity contribution in [3.63, 3.8) is 0 Å². The molecule has 0 radical (unpaired) electrons. The largest absolute Gasteiger partial charge is 0.233 e. The number of hydrogen-bond acceptors (Lipinski definition) is 2. The smallest absolute Gasteiger partial charge is 0.212 e. The van der Waals surface area contributed by atoms with Gasteiger partial charge in [-0.3, -0.25) is 0 Å². The van der Waals surface area contributed by atoms with Gasteiger partial charge < -0.3 is 0 Å². The van der Waals surface area contributed by atoms with Crippen LogP contribution in [0.15, 0.2) is 24.3 Å². The summed E-state index contributed by atoms with van der Waals surface area (Å²) >= 11 is 0. The second-order valence-electron chi connectivity index (χ2n) is 5.04. The molecule has 1 fully saturated rings. The fourth-order valence-electron chi connectivity index (χ4n) is 2.81. The Morgan fingerprint density at radius 1 is 1.18 bits per heavy atom. The average Bonchev–Trinajstić information content (AvgIpc) is 2.65. The third kappa shape index (κ3) is 3.02. The van der Waals surface area contributed by atoms with Crippen LogP contribution in [0.2, 0.25) is 0 Å². The molecule has 1 aromatic carbocycles. The first-order chi connectivity index (χ1) is 7.91. The molecule has 0 aliphatic heterocycles. The maximum atomic E-state index is 11.4. The number of benzene rings is 1. The van der Waals surface area contributed by atoms with Gasteiger partial charge in [0.2, 0.25) is 9.05 Å². The molecule has 0 heterocycles. The number of halogens is 1. The van der Waals surface area contributed by atoms with Crippen molar-refractivity contribution >= 4 is 19.7 Å². The third-order valence-corrected chi connectivity index (χ3v) is 4.90. The number of aryl methyl sites for hydroxylation is 1. The molecule has 0 saturated heterocycles. The second-order valence-corrected chi connectivity index (χ2v) is 7.81. The lowest BCUT2D eigenvalue weighted by atomic mass is 9.80. The van der Waals surface area contributed by atoms with E-state index in [0.29, 0.717) is 0 Å². The summed E-state index contributed by atoms with van der Waals surface area (Å²) in [5, 5.41) is 0. The van der Waals surface area contributed by atoms with E-state index in [4.69, 9.17) is 10.7 Å². The van der Waals surface area contributed by atoms with Crippen LogP contribution in [-0.4, -0.2) is 14.2 Å². The molecule has 0 spiro atoms. The zero-order valence-electron chi connectivity index (χ0n) is 9.95. The fraction of sp³-hybridized carbons (Fsp3) is 0.538. The number of hydrogen-bond donors (Lipinski definition) is 0. The molecule has 0 aromatic heterocycles. The Morgan fingerprint density at radius 2 is 1.71 bits per heavy atom. The Bertz CT molecular complexity index is 485. The predicted molar refractivity (Wildman–Crippen MR) is 71.0 cm³/mol. The summed E-state index contributed by atoms with van der Waals surface area (Å²) in [6, 6.07) is 8.16. The van der Waals surface area contributed by atoms with Crippen molar-refractivity contribution in [3.8, 4) is 0 Å². The van der Waals surface area contributed by atoms with E-state index in [1.807, 2.05) is 31.2 Å². The summed E-state index contributed by atoms with van der Waals surface area (Å²) in [7, 11) is 2.00. The van der Waals surface area contributed by atoms with E-state index in [0.717, 1.165) is 31.2 Å². The van der Waals surface area contributed by atoms with Crippen LogP contribution < -0.4 is 0 Å². The van der Waals surface area contributed by atoms with Gasteiger partial charge >= 0.3 is 0 Å². The Labute approximate surface area is 107 Å². The quantitative estimate of drug-likeness (QED) is 0.791. The second kappa shape index (κ2) is 4.62. The van der Waals surface area contributed by atoms with Crippen LogP contribution >= 0.6 is 10.7 Å². The lowest BCUT2D eigenvalue weighted by Crippen LogP contribution is -2.30. The van der Waals surface area contributed by atoms with Crippen molar-refractivity contribution in [1.82, 2.24) is 0 Å². The van der Waals surface area contributed by atoms with Crippen LogP contribution in [0.3, 0.4) is 0 Å². The average molecular weight is 273 g/mol. The van der Waals surface area contributed by atoms with Gasteiger partial charge in [0.25, 0.3) is 0 Å². The van der Waals surface area contributed by atoms with E-state index in [9.17, 15) is 8.42 Å². The molecular formula is C13H17ClO2S. The minimum Gasteiger partial charge on any atom is -0.212 e. The van der Waals surface area contributed by atoms with Crippen LogP contribution in [0.1, 0.15) is 36.8 Å². The highest BCUT2D eigenvalue weighted by molar-refractivity contribution is 8.13. The molecule has 1 saturated carbocycles. The lowest BCUT2D eigenvalue weighted by molar-refractivity contribution is 0.485. The Hall–Kier alpha value is -0.540. The Kier molecular flexibility index (Phi) is 3.50. The fourth-order valence-corrected chi connectivity index (χ4v) is 4.55. The molecule has 0 N–H and O–H groups in total. The maximum Gasteiger partial charge on any atom is 0.233 e. The molecular weight excluding hydrogens is 256 g/mol. The van der Waals surface area contributed by atoms with E-state index in [1.165, 1.54) is 5.56 Å². The summed E-state index contributed by atoms with van der Waals surface area (Å²) in [5.41, 5.74) is 2.05. The van der Waals surface area contributed by atoms with Crippen LogP contribution in [0.25, 0.3) is 0 Å². The molecule has 94 valence electrons. The molecule has 1 aliphatic rings. The van der Waals surface area contributed by atoms with Crippen molar-refractivity contribution in [2.24, 2.45) is 0 Å². The highest BCUT2D eigenvalue weighted by Gasteiger charge is 2.39. The molecule has 0 unspecified atom stereocenters. The van der Waals surface area contributed by atoms with E-state index < -0.39 is 9.05 Å². The molecule has 1 aliphatic carbocycles. The van der Waals surface area contributed by atoms with E-state index in [-0.39, 0.29) is 11.2 Å². The van der Waals surface area contributed by atoms with Crippen molar-refractivity contribution in [2.45, 2.75) is 38.0 Å². The van der Waals surface area contributed by atoms with Gasteiger partial charge in [-0.05, 0) is 25.3 Å². The summed E-state index contributed by atoms with van der Waals surface area (Å²) in [5.74, 6) is 0.0601. The van der Waals surface area contributed by atoms with Gasteiger partial charge in [0.1, 0.15) is 0 Å². The highest BCUT2D eigenvalue weighted by atomic mass is 35.7. The summed E-state index contributed by atoms with van der Waals surface area (Å²) in [6.45, 7) is 2.03. The molecule has 2 nitrogen and oxygen atoms in total. The highest BCUT2D eigenvalue weighted by Crippen LogP contribution is 2.42. The van der Waals surface area contributed by atoms with Crippen LogP contribution in [0.4, 0.5) is 0 Å². The van der Waals surface area contributed by atoms with E-state index in [2.05, 4.69) is 0 Å². The standard InChI is InChI=1S/C13H17ClO2S/c1-11-4-6-12(7-5-11)13(8-2-3-9-13)10-17(14,15)16/h4-7H,2-3,8-10H2,1H3. The maximum absolute atomic E-state index is 11.4. The molecule has 0 amide bonds. The van der Waals surface area contributed by atoms with Gasteiger partial charge in [0, 0.05) is 16.1 Å². The van der Waals surface area contributed by atoms with E-state index >= 15 is 0 Å². The van der Waals surface area contributed by atoms with Crippen molar-refractivity contribution in [3.05, 3.63) is 35.4 Å². The molecule has 2 rings (SSSR count). The van der Waals surface area contributed by atoms with Gasteiger partial charge in [-0.1, -0.05) is 42.7 Å². The van der Waals surface area contributed by atoms with Crippen molar-refractivity contribution in [1.29, 1.82) is 0 Å². The lowest BCUT2D eigenvalue weighted by Gasteiger charge is -2.28. The Morgan fingerprint density at radius 3 is 2.18 bits per heavy atom. The first-order valence-corrected chi connectivity index (χ1v) is 8.39. The zero-order valence-corrected chi connectivity index (χ0v) is 11.5. The summed E-state index contributed by atoms with van der Waals surface area (Å²) < 4.78 is 22.8. The summed E-state index contributed by atoms with van der Waals surface area (Å²) in [4.78, 5) is 0. The minimum atomic E-state index is -3.45. The van der Waals surface area contributed by atoms with Gasteiger partial charge in [-0.25, -0.2) is 8.42 Å². The normalized spacial score (nSPS) is 19.4. The molecule has 1 aromatic rings. The van der Waals surface area contributed by atoms with Gasteiger partial charge in [0.05, 0.1) is 5.75 Å². The predicted octanol–water partition coefficient (Wildman–Crippen LogP) is 3.38. The van der Waals surface area contributed by atoms with Crippen molar-refractivity contribution in [2.75, 3.05) is 5.75 Å². The summed E-state index contributed by atoms with van der Waals surface area (Å²) in [6.07, 6.45) is 4.00. The molecule has 0 atom stereocenters. The zero-order chi connectivity index (χ0) is 12.5. The van der Waals surface area contributed by atoms with Crippen LogP contribution in [0, 0.1) is 6.92 Å². The molecule has 17 heavy (non-hydrogen) atoms. The topological polar surface area (TPSA) is 34.1 Å².